The normalized spacial score (nSPS) is 18.2. The Morgan fingerprint density at radius 2 is 2.25 bits per heavy atom. The number of nitrogens with zero attached hydrogens (tertiary/aromatic N) is 4. The highest BCUT2D eigenvalue weighted by Gasteiger charge is 2.33. The second-order valence-corrected chi connectivity index (χ2v) is 4.69. The summed E-state index contributed by atoms with van der Waals surface area (Å²) in [6.45, 7) is 2.43. The highest BCUT2D eigenvalue weighted by atomic mass is 16.5. The van der Waals surface area contributed by atoms with E-state index < -0.39 is 0 Å². The molecule has 2 aromatic rings. The van der Waals surface area contributed by atoms with Gasteiger partial charge in [-0.3, -0.25) is 4.98 Å². The van der Waals surface area contributed by atoms with E-state index in [1.54, 1.807) is 36.4 Å². The maximum atomic E-state index is 12.3. The van der Waals surface area contributed by atoms with Crippen molar-refractivity contribution in [1.82, 2.24) is 20.0 Å². The lowest BCUT2D eigenvalue weighted by molar-refractivity contribution is 0.204. The Bertz CT molecular complexity index is 598. The number of rotatable bonds is 2. The van der Waals surface area contributed by atoms with E-state index in [9.17, 15) is 4.79 Å². The second-order valence-electron chi connectivity index (χ2n) is 4.69. The summed E-state index contributed by atoms with van der Waals surface area (Å²) in [5, 5.41) is 6.77. The number of nitrogens with one attached hydrogen (secondary N) is 1. The van der Waals surface area contributed by atoms with Crippen LogP contribution < -0.4 is 5.32 Å². The van der Waals surface area contributed by atoms with Crippen LogP contribution in [-0.2, 0) is 0 Å². The van der Waals surface area contributed by atoms with Gasteiger partial charge >= 0.3 is 6.03 Å². The van der Waals surface area contributed by atoms with Crippen LogP contribution in [0.4, 0.5) is 10.5 Å². The second kappa shape index (κ2) is 5.28. The summed E-state index contributed by atoms with van der Waals surface area (Å²) >= 11 is 0. The topological polar surface area (TPSA) is 84.2 Å². The minimum atomic E-state index is -0.152. The molecule has 0 spiro atoms. The van der Waals surface area contributed by atoms with Crippen molar-refractivity contribution in [1.29, 1.82) is 0 Å². The Labute approximate surface area is 116 Å². The minimum absolute atomic E-state index is 0.116. The predicted octanol–water partition coefficient (Wildman–Crippen LogP) is 2.14. The number of carbonyl (C=O) groups is 1. The molecule has 1 atom stereocenters. The first kappa shape index (κ1) is 12.6. The summed E-state index contributed by atoms with van der Waals surface area (Å²) in [6, 6.07) is 3.23. The summed E-state index contributed by atoms with van der Waals surface area (Å²) in [5.74, 6) is 1.09. The maximum absolute atomic E-state index is 12.3. The predicted molar refractivity (Wildman–Crippen MR) is 71.0 cm³/mol. The lowest BCUT2D eigenvalue weighted by Gasteiger charge is -2.22. The number of amides is 2. The van der Waals surface area contributed by atoms with Crippen LogP contribution >= 0.6 is 0 Å². The van der Waals surface area contributed by atoms with Gasteiger partial charge in [0, 0.05) is 31.5 Å². The van der Waals surface area contributed by atoms with Crippen LogP contribution in [0.5, 0.6) is 0 Å². The molecule has 3 heterocycles. The zero-order valence-corrected chi connectivity index (χ0v) is 11.1. The largest absolute Gasteiger partial charge is 0.340 e. The van der Waals surface area contributed by atoms with Crippen molar-refractivity contribution in [2.24, 2.45) is 0 Å². The van der Waals surface area contributed by atoms with Gasteiger partial charge in [0.05, 0.1) is 6.04 Å². The summed E-state index contributed by atoms with van der Waals surface area (Å²) < 4.78 is 5.00. The van der Waals surface area contributed by atoms with E-state index in [2.05, 4.69) is 20.4 Å². The molecule has 7 nitrogen and oxygen atoms in total. The Hall–Kier alpha value is -2.44. The molecule has 0 aliphatic carbocycles. The van der Waals surface area contributed by atoms with Gasteiger partial charge in [-0.1, -0.05) is 5.16 Å². The monoisotopic (exact) mass is 273 g/mol. The van der Waals surface area contributed by atoms with Crippen LogP contribution in [0.1, 0.15) is 30.6 Å². The van der Waals surface area contributed by atoms with Crippen LogP contribution in [0.2, 0.25) is 0 Å². The molecule has 2 aromatic heterocycles. The number of hydrogen-bond acceptors (Lipinski definition) is 5. The molecule has 1 aliphatic heterocycles. The minimum Gasteiger partial charge on any atom is -0.340 e. The summed E-state index contributed by atoms with van der Waals surface area (Å²) in [4.78, 5) is 22.2. The van der Waals surface area contributed by atoms with Crippen molar-refractivity contribution in [2.75, 3.05) is 11.9 Å². The molecule has 1 N–H and O–H groups in total. The number of likely N-dealkylation sites (tertiary alicyclic amines) is 1. The number of hydrogen-bond donors (Lipinski definition) is 1. The van der Waals surface area contributed by atoms with E-state index in [0.29, 0.717) is 18.3 Å². The Kier molecular flexibility index (Phi) is 3.32. The molecular weight excluding hydrogens is 258 g/mol. The van der Waals surface area contributed by atoms with Crippen molar-refractivity contribution in [2.45, 2.75) is 25.8 Å². The van der Waals surface area contributed by atoms with Crippen LogP contribution in [0.25, 0.3) is 0 Å². The van der Waals surface area contributed by atoms with Gasteiger partial charge in [-0.15, -0.1) is 0 Å². The molecule has 0 saturated carbocycles. The van der Waals surface area contributed by atoms with Crippen molar-refractivity contribution < 1.29 is 9.32 Å². The molecule has 0 aromatic carbocycles. The first-order valence-electron chi connectivity index (χ1n) is 6.52. The Balaban J connectivity index is 1.73. The molecular formula is C13H15N5O2. The van der Waals surface area contributed by atoms with E-state index in [1.807, 2.05) is 0 Å². The first-order chi connectivity index (χ1) is 9.74. The van der Waals surface area contributed by atoms with Crippen molar-refractivity contribution in [3.8, 4) is 0 Å². The third kappa shape index (κ3) is 2.47. The average Bonchev–Trinajstić information content (AvgIpc) is 3.08. The fourth-order valence-electron chi connectivity index (χ4n) is 2.36. The number of pyridine rings is 1. The van der Waals surface area contributed by atoms with Crippen molar-refractivity contribution in [3.63, 3.8) is 0 Å². The number of aromatic nitrogens is 3. The van der Waals surface area contributed by atoms with E-state index in [1.165, 1.54) is 0 Å². The molecule has 7 heteroatoms. The number of anilines is 1. The highest BCUT2D eigenvalue weighted by Crippen LogP contribution is 2.30. The quantitative estimate of drug-likeness (QED) is 0.906. The molecule has 1 unspecified atom stereocenters. The Morgan fingerprint density at radius 3 is 2.95 bits per heavy atom. The number of carbonyl (C=O) groups excluding carboxylic acids is 1. The average molecular weight is 273 g/mol. The summed E-state index contributed by atoms with van der Waals surface area (Å²) in [5.41, 5.74) is 0.722. The molecule has 104 valence electrons. The van der Waals surface area contributed by atoms with Crippen LogP contribution in [0, 0.1) is 6.92 Å². The summed E-state index contributed by atoms with van der Waals surface area (Å²) in [7, 11) is 0. The van der Waals surface area contributed by atoms with Gasteiger partial charge in [-0.05, 0) is 25.0 Å². The molecule has 20 heavy (non-hydrogen) atoms. The fraction of sp³-hybridized carbons (Fsp3) is 0.385. The maximum Gasteiger partial charge on any atom is 0.322 e. The van der Waals surface area contributed by atoms with Gasteiger partial charge in [0.15, 0.2) is 5.82 Å². The smallest absolute Gasteiger partial charge is 0.322 e. The first-order valence-corrected chi connectivity index (χ1v) is 6.52. The zero-order valence-electron chi connectivity index (χ0n) is 11.1. The van der Waals surface area contributed by atoms with E-state index in [-0.39, 0.29) is 12.1 Å². The Morgan fingerprint density at radius 1 is 1.45 bits per heavy atom. The molecule has 1 aliphatic rings. The van der Waals surface area contributed by atoms with E-state index >= 15 is 0 Å². The van der Waals surface area contributed by atoms with Crippen molar-refractivity contribution >= 4 is 11.7 Å². The van der Waals surface area contributed by atoms with Gasteiger partial charge < -0.3 is 14.7 Å². The third-order valence-corrected chi connectivity index (χ3v) is 3.29. The van der Waals surface area contributed by atoms with Gasteiger partial charge in [-0.25, -0.2) is 4.79 Å². The van der Waals surface area contributed by atoms with Gasteiger partial charge in [-0.2, -0.15) is 4.98 Å². The van der Waals surface area contributed by atoms with Gasteiger partial charge in [0.2, 0.25) is 5.89 Å². The molecule has 1 fully saturated rings. The molecule has 3 rings (SSSR count). The van der Waals surface area contributed by atoms with Crippen LogP contribution in [0.3, 0.4) is 0 Å². The van der Waals surface area contributed by atoms with Gasteiger partial charge in [0.1, 0.15) is 0 Å². The zero-order chi connectivity index (χ0) is 13.9. The number of urea groups is 1. The fourth-order valence-corrected chi connectivity index (χ4v) is 2.36. The third-order valence-electron chi connectivity index (χ3n) is 3.29. The molecule has 2 amide bonds. The van der Waals surface area contributed by atoms with Crippen LogP contribution in [0.15, 0.2) is 29.0 Å². The SMILES string of the molecule is Cc1nc(C2CCCN2C(=O)Nc2ccncc2)no1. The lowest BCUT2D eigenvalue weighted by atomic mass is 10.2. The van der Waals surface area contributed by atoms with Crippen LogP contribution in [-0.4, -0.2) is 32.6 Å². The van der Waals surface area contributed by atoms with Gasteiger partial charge in [0.25, 0.3) is 0 Å². The van der Waals surface area contributed by atoms with E-state index in [0.717, 1.165) is 18.5 Å². The number of aryl methyl sites for hydroxylation is 1. The summed E-state index contributed by atoms with van der Waals surface area (Å²) in [6.07, 6.45) is 5.06. The van der Waals surface area contributed by atoms with E-state index in [4.69, 9.17) is 4.52 Å². The molecule has 1 saturated heterocycles. The molecule has 0 bridgehead atoms. The lowest BCUT2D eigenvalue weighted by Crippen LogP contribution is -2.34. The standard InChI is InChI=1S/C13H15N5O2/c1-9-15-12(17-20-9)11-3-2-8-18(11)13(19)16-10-4-6-14-7-5-10/h4-7,11H,2-3,8H2,1H3,(H,14,16,19). The molecule has 0 radical (unpaired) electrons. The highest BCUT2D eigenvalue weighted by molar-refractivity contribution is 5.89. The van der Waals surface area contributed by atoms with Crippen molar-refractivity contribution in [3.05, 3.63) is 36.2 Å².